The Balaban J connectivity index is 2.30. The van der Waals surface area contributed by atoms with Gasteiger partial charge in [0.2, 0.25) is 0 Å². The molecular weight excluding hydrogens is 192 g/mol. The highest BCUT2D eigenvalue weighted by atomic mass is 16.6. The van der Waals surface area contributed by atoms with E-state index >= 15 is 0 Å². The monoisotopic (exact) mass is 214 g/mol. The maximum absolute atomic E-state index is 11.5. The summed E-state index contributed by atoms with van der Waals surface area (Å²) in [6, 6.07) is 0.470. The lowest BCUT2D eigenvalue weighted by Crippen LogP contribution is -2.46. The molecule has 1 saturated carbocycles. The molecule has 1 amide bonds. The number of ether oxygens (including phenoxy) is 1. The zero-order valence-electron chi connectivity index (χ0n) is 10.2. The fourth-order valence-electron chi connectivity index (χ4n) is 1.83. The first-order valence-corrected chi connectivity index (χ1v) is 5.61. The Morgan fingerprint density at radius 2 is 1.87 bits per heavy atom. The molecule has 0 bridgehead atoms. The van der Waals surface area contributed by atoms with Gasteiger partial charge in [0.1, 0.15) is 5.60 Å². The van der Waals surface area contributed by atoms with Gasteiger partial charge in [-0.1, -0.05) is 12.8 Å². The van der Waals surface area contributed by atoms with Gasteiger partial charge in [0, 0.05) is 13.1 Å². The van der Waals surface area contributed by atoms with Crippen LogP contribution in [-0.2, 0) is 4.74 Å². The quantitative estimate of drug-likeness (QED) is 0.717. The Hall–Kier alpha value is -0.770. The molecule has 1 fully saturated rings. The average Bonchev–Trinajstić information content (AvgIpc) is 2.50. The van der Waals surface area contributed by atoms with Gasteiger partial charge in [-0.15, -0.1) is 0 Å². The van der Waals surface area contributed by atoms with Crippen molar-refractivity contribution >= 4 is 6.09 Å². The molecule has 1 N–H and O–H groups in total. The van der Waals surface area contributed by atoms with Crippen molar-refractivity contribution in [1.29, 1.82) is 0 Å². The molecule has 0 aromatic carbocycles. The van der Waals surface area contributed by atoms with Crippen molar-refractivity contribution in [3.8, 4) is 0 Å². The molecular formula is C11H22N2O2. The number of rotatable bonds is 2. The lowest BCUT2D eigenvalue weighted by Gasteiger charge is -2.27. The molecule has 4 nitrogen and oxygen atoms in total. The summed E-state index contributed by atoms with van der Waals surface area (Å²) in [5, 5.41) is 1.88. The molecule has 0 unspecified atom stereocenters. The standard InChI is InChI=1S/C11H22N2O2/c1-11(2,3)15-10(14)12-13(4)9-7-5-6-8-9/h9H,5-8H2,1-4H3,(H,12,14). The first kappa shape index (κ1) is 12.3. The molecule has 0 heterocycles. The third kappa shape index (κ3) is 4.51. The molecule has 0 radical (unpaired) electrons. The Labute approximate surface area is 91.9 Å². The number of nitrogens with one attached hydrogen (secondary N) is 1. The molecule has 1 aliphatic carbocycles. The first-order valence-electron chi connectivity index (χ1n) is 5.61. The van der Waals surface area contributed by atoms with Gasteiger partial charge in [-0.05, 0) is 33.6 Å². The topological polar surface area (TPSA) is 41.6 Å². The third-order valence-corrected chi connectivity index (χ3v) is 2.54. The van der Waals surface area contributed by atoms with Gasteiger partial charge >= 0.3 is 6.09 Å². The fraction of sp³-hybridized carbons (Fsp3) is 0.909. The number of nitrogens with zero attached hydrogens (tertiary/aromatic N) is 1. The normalized spacial score (nSPS) is 18.2. The van der Waals surface area contributed by atoms with Crippen molar-refractivity contribution in [3.63, 3.8) is 0 Å². The van der Waals surface area contributed by atoms with E-state index in [9.17, 15) is 4.79 Å². The van der Waals surface area contributed by atoms with Crippen molar-refractivity contribution in [3.05, 3.63) is 0 Å². The van der Waals surface area contributed by atoms with E-state index in [0.717, 1.165) is 12.8 Å². The number of carbonyl (C=O) groups is 1. The van der Waals surface area contributed by atoms with Gasteiger partial charge in [0.05, 0.1) is 0 Å². The van der Waals surface area contributed by atoms with E-state index in [4.69, 9.17) is 4.74 Å². The summed E-state index contributed by atoms with van der Waals surface area (Å²) in [7, 11) is 1.90. The van der Waals surface area contributed by atoms with Crippen LogP contribution in [0, 0.1) is 0 Å². The van der Waals surface area contributed by atoms with Crippen molar-refractivity contribution in [2.45, 2.75) is 58.1 Å². The molecule has 4 heteroatoms. The van der Waals surface area contributed by atoms with Gasteiger partial charge in [-0.3, -0.25) is 5.43 Å². The maximum Gasteiger partial charge on any atom is 0.422 e. The summed E-state index contributed by atoms with van der Waals surface area (Å²) in [6.45, 7) is 5.59. The van der Waals surface area contributed by atoms with Crippen LogP contribution in [0.1, 0.15) is 46.5 Å². The van der Waals surface area contributed by atoms with Gasteiger partial charge in [-0.25, -0.2) is 9.80 Å². The molecule has 15 heavy (non-hydrogen) atoms. The maximum atomic E-state index is 11.5. The second-order valence-corrected chi connectivity index (χ2v) is 5.16. The van der Waals surface area contributed by atoms with Crippen molar-refractivity contribution in [1.82, 2.24) is 10.4 Å². The van der Waals surface area contributed by atoms with Gasteiger partial charge in [-0.2, -0.15) is 0 Å². The minimum Gasteiger partial charge on any atom is -0.443 e. The summed E-state index contributed by atoms with van der Waals surface area (Å²) < 4.78 is 5.18. The van der Waals surface area contributed by atoms with E-state index in [1.165, 1.54) is 12.8 Å². The van der Waals surface area contributed by atoms with Crippen LogP contribution < -0.4 is 5.43 Å². The van der Waals surface area contributed by atoms with Crippen LogP contribution in [0.25, 0.3) is 0 Å². The van der Waals surface area contributed by atoms with Crippen molar-refractivity contribution in [2.24, 2.45) is 0 Å². The van der Waals surface area contributed by atoms with E-state index in [-0.39, 0.29) is 6.09 Å². The van der Waals surface area contributed by atoms with Crippen LogP contribution >= 0.6 is 0 Å². The highest BCUT2D eigenvalue weighted by Gasteiger charge is 2.23. The Morgan fingerprint density at radius 3 is 2.33 bits per heavy atom. The van der Waals surface area contributed by atoms with Gasteiger partial charge in [0.25, 0.3) is 0 Å². The van der Waals surface area contributed by atoms with E-state index in [0.29, 0.717) is 6.04 Å². The number of hydrogen-bond acceptors (Lipinski definition) is 3. The van der Waals surface area contributed by atoms with Crippen molar-refractivity contribution < 1.29 is 9.53 Å². The second-order valence-electron chi connectivity index (χ2n) is 5.16. The van der Waals surface area contributed by atoms with Gasteiger partial charge in [0.15, 0.2) is 0 Å². The molecule has 1 rings (SSSR count). The fourth-order valence-corrected chi connectivity index (χ4v) is 1.83. The first-order chi connectivity index (χ1) is 6.88. The zero-order valence-corrected chi connectivity index (χ0v) is 10.2. The predicted molar refractivity (Wildman–Crippen MR) is 59.4 cm³/mol. The smallest absolute Gasteiger partial charge is 0.422 e. The highest BCUT2D eigenvalue weighted by molar-refractivity contribution is 5.67. The summed E-state index contributed by atoms with van der Waals surface area (Å²) in [5.41, 5.74) is 2.32. The molecule has 0 aliphatic heterocycles. The summed E-state index contributed by atoms with van der Waals surface area (Å²) in [4.78, 5) is 11.5. The zero-order chi connectivity index (χ0) is 11.5. The molecule has 88 valence electrons. The van der Waals surface area contributed by atoms with E-state index in [1.807, 2.05) is 32.8 Å². The molecule has 0 aromatic heterocycles. The van der Waals surface area contributed by atoms with Crippen LogP contribution in [0.5, 0.6) is 0 Å². The third-order valence-electron chi connectivity index (χ3n) is 2.54. The Kier molecular flexibility index (Phi) is 3.97. The largest absolute Gasteiger partial charge is 0.443 e. The van der Waals surface area contributed by atoms with Crippen LogP contribution in [-0.4, -0.2) is 29.8 Å². The number of hydrazine groups is 1. The molecule has 0 aromatic rings. The molecule has 0 atom stereocenters. The number of amides is 1. The van der Waals surface area contributed by atoms with Crippen molar-refractivity contribution in [2.75, 3.05) is 7.05 Å². The summed E-state index contributed by atoms with van der Waals surface area (Å²) in [5.74, 6) is 0. The second kappa shape index (κ2) is 4.84. The van der Waals surface area contributed by atoms with Crippen LogP contribution in [0.4, 0.5) is 4.79 Å². The van der Waals surface area contributed by atoms with Gasteiger partial charge < -0.3 is 4.74 Å². The van der Waals surface area contributed by atoms with E-state index < -0.39 is 5.60 Å². The lowest BCUT2D eigenvalue weighted by atomic mass is 10.2. The summed E-state index contributed by atoms with van der Waals surface area (Å²) in [6.07, 6.45) is 4.46. The lowest BCUT2D eigenvalue weighted by molar-refractivity contribution is 0.0308. The van der Waals surface area contributed by atoms with E-state index in [1.54, 1.807) is 0 Å². The summed E-state index contributed by atoms with van der Waals surface area (Å²) >= 11 is 0. The SMILES string of the molecule is CN(NC(=O)OC(C)(C)C)C1CCCC1. The van der Waals surface area contributed by atoms with Crippen LogP contribution in [0.3, 0.4) is 0 Å². The Bertz CT molecular complexity index is 217. The molecule has 0 saturated heterocycles. The minimum absolute atomic E-state index is 0.364. The molecule has 1 aliphatic rings. The average molecular weight is 214 g/mol. The minimum atomic E-state index is -0.430. The molecule has 0 spiro atoms. The van der Waals surface area contributed by atoms with Crippen LogP contribution in [0.2, 0.25) is 0 Å². The Morgan fingerprint density at radius 1 is 1.33 bits per heavy atom. The number of hydrogen-bond donors (Lipinski definition) is 1. The highest BCUT2D eigenvalue weighted by Crippen LogP contribution is 2.21. The predicted octanol–water partition coefficient (Wildman–Crippen LogP) is 2.30. The number of carbonyl (C=O) groups excluding carboxylic acids is 1. The van der Waals surface area contributed by atoms with E-state index in [2.05, 4.69) is 5.43 Å². The van der Waals surface area contributed by atoms with Crippen LogP contribution in [0.15, 0.2) is 0 Å².